The number of guanidine groups is 1. The third-order valence-corrected chi connectivity index (χ3v) is 4.49. The van der Waals surface area contributed by atoms with Crippen LogP contribution >= 0.6 is 11.6 Å². The topological polar surface area (TPSA) is 91.4 Å². The van der Waals surface area contributed by atoms with Gasteiger partial charge in [-0.05, 0) is 67.9 Å². The minimum absolute atomic E-state index is 0.111. The third kappa shape index (κ3) is 6.63. The van der Waals surface area contributed by atoms with Crippen molar-refractivity contribution in [2.24, 2.45) is 4.99 Å². The molecule has 1 atom stereocenters. The molecule has 3 aromatic rings. The second-order valence-corrected chi connectivity index (χ2v) is 7.21. The van der Waals surface area contributed by atoms with E-state index < -0.39 is 5.91 Å². The lowest BCUT2D eigenvalue weighted by atomic mass is 10.1. The first-order valence-electron chi connectivity index (χ1n) is 9.76. The molecule has 0 unspecified atom stereocenters. The fraction of sp³-hybridized carbons (Fsp3) is 0.227. The Labute approximate surface area is 184 Å². The Morgan fingerprint density at radius 2 is 1.94 bits per heavy atom. The van der Waals surface area contributed by atoms with Gasteiger partial charge in [0.15, 0.2) is 5.82 Å². The molecule has 0 aliphatic heterocycles. The monoisotopic (exact) mass is 443 g/mol. The van der Waals surface area contributed by atoms with Gasteiger partial charge in [-0.2, -0.15) is 10.1 Å². The van der Waals surface area contributed by atoms with Gasteiger partial charge in [0.1, 0.15) is 5.82 Å². The zero-order valence-corrected chi connectivity index (χ0v) is 17.9. The van der Waals surface area contributed by atoms with Gasteiger partial charge in [-0.3, -0.25) is 9.89 Å². The van der Waals surface area contributed by atoms with Crippen LogP contribution in [0.3, 0.4) is 0 Å². The van der Waals surface area contributed by atoms with Crippen molar-refractivity contribution in [1.29, 1.82) is 0 Å². The molecular formula is C22H23ClFN5O2. The van der Waals surface area contributed by atoms with E-state index >= 15 is 0 Å². The summed E-state index contributed by atoms with van der Waals surface area (Å²) in [5.74, 6) is -0.0869. The van der Waals surface area contributed by atoms with E-state index in [2.05, 4.69) is 25.8 Å². The number of nitrogens with zero attached hydrogens (tertiary/aromatic N) is 2. The molecule has 1 amide bonds. The highest BCUT2D eigenvalue weighted by Crippen LogP contribution is 2.20. The highest BCUT2D eigenvalue weighted by molar-refractivity contribution is 6.30. The summed E-state index contributed by atoms with van der Waals surface area (Å²) >= 11 is 5.89. The second-order valence-electron chi connectivity index (χ2n) is 6.78. The molecule has 9 heteroatoms. The van der Waals surface area contributed by atoms with Crippen LogP contribution in [-0.4, -0.2) is 41.3 Å². The maximum Gasteiger partial charge on any atom is 0.280 e. The zero-order valence-electron chi connectivity index (χ0n) is 17.2. The fourth-order valence-corrected chi connectivity index (χ4v) is 2.83. The van der Waals surface area contributed by atoms with Crippen LogP contribution in [0.25, 0.3) is 11.3 Å². The first-order chi connectivity index (χ1) is 14.9. The minimum Gasteiger partial charge on any atom is -0.380 e. The molecular weight excluding hydrogens is 421 g/mol. The summed E-state index contributed by atoms with van der Waals surface area (Å²) < 4.78 is 18.6. The molecule has 2 aromatic carbocycles. The van der Waals surface area contributed by atoms with E-state index in [9.17, 15) is 9.18 Å². The normalized spacial score (nSPS) is 12.5. The highest BCUT2D eigenvalue weighted by atomic mass is 35.5. The Morgan fingerprint density at radius 3 is 2.61 bits per heavy atom. The smallest absolute Gasteiger partial charge is 0.280 e. The summed E-state index contributed by atoms with van der Waals surface area (Å²) in [6, 6.07) is 14.1. The number of ether oxygens (including phenoxy) is 1. The quantitative estimate of drug-likeness (QED) is 0.369. The molecule has 3 rings (SSSR count). The number of rotatable bonds is 7. The van der Waals surface area contributed by atoms with E-state index in [0.717, 1.165) is 5.56 Å². The van der Waals surface area contributed by atoms with Crippen LogP contribution in [0.4, 0.5) is 10.2 Å². The first-order valence-corrected chi connectivity index (χ1v) is 10.1. The van der Waals surface area contributed by atoms with Crippen LogP contribution in [0, 0.1) is 5.82 Å². The van der Waals surface area contributed by atoms with Crippen molar-refractivity contribution < 1.29 is 13.9 Å². The van der Waals surface area contributed by atoms with Crippen molar-refractivity contribution in [2.75, 3.05) is 18.5 Å². The Hall–Kier alpha value is -3.23. The minimum atomic E-state index is -0.440. The van der Waals surface area contributed by atoms with E-state index in [1.807, 2.05) is 13.8 Å². The molecule has 0 radical (unpaired) electrons. The maximum absolute atomic E-state index is 13.2. The van der Waals surface area contributed by atoms with Gasteiger partial charge >= 0.3 is 0 Å². The van der Waals surface area contributed by atoms with Crippen molar-refractivity contribution in [3.05, 3.63) is 71.0 Å². The SMILES string of the molecule is CCOC[C@H](C)N/C(=N/C(=O)c1ccc(Cl)cc1)Nc1cc(-c2ccc(F)cc2)[nH]n1. The molecule has 0 aliphatic rings. The third-order valence-electron chi connectivity index (χ3n) is 4.24. The predicted octanol–water partition coefficient (Wildman–Crippen LogP) is 4.49. The van der Waals surface area contributed by atoms with E-state index in [1.54, 1.807) is 42.5 Å². The number of aromatic nitrogens is 2. The van der Waals surface area contributed by atoms with Crippen molar-refractivity contribution in [3.63, 3.8) is 0 Å². The van der Waals surface area contributed by atoms with Crippen LogP contribution in [0.15, 0.2) is 59.6 Å². The number of aliphatic imine (C=N–C) groups is 1. The molecule has 162 valence electrons. The molecule has 7 nitrogen and oxygen atoms in total. The Morgan fingerprint density at radius 1 is 1.23 bits per heavy atom. The van der Waals surface area contributed by atoms with Gasteiger partial charge in [0.05, 0.1) is 12.3 Å². The zero-order chi connectivity index (χ0) is 22.2. The largest absolute Gasteiger partial charge is 0.380 e. The lowest BCUT2D eigenvalue weighted by Gasteiger charge is -2.17. The van der Waals surface area contributed by atoms with Gasteiger partial charge in [-0.15, -0.1) is 0 Å². The molecule has 1 aromatic heterocycles. The number of H-pyrrole nitrogens is 1. The number of benzene rings is 2. The number of aromatic amines is 1. The van der Waals surface area contributed by atoms with Crippen molar-refractivity contribution >= 4 is 29.3 Å². The average Bonchev–Trinajstić information content (AvgIpc) is 3.21. The Bertz CT molecular complexity index is 1030. The summed E-state index contributed by atoms with van der Waals surface area (Å²) in [6.07, 6.45) is 0. The number of carbonyl (C=O) groups is 1. The van der Waals surface area contributed by atoms with Crippen molar-refractivity contribution in [1.82, 2.24) is 15.5 Å². The van der Waals surface area contributed by atoms with E-state index in [-0.39, 0.29) is 17.8 Å². The molecule has 1 heterocycles. The van der Waals surface area contributed by atoms with Gasteiger partial charge in [-0.1, -0.05) is 11.6 Å². The number of amides is 1. The summed E-state index contributed by atoms with van der Waals surface area (Å²) in [7, 11) is 0. The van der Waals surface area contributed by atoms with Gasteiger partial charge in [0, 0.05) is 29.3 Å². The summed E-state index contributed by atoms with van der Waals surface area (Å²) in [5, 5.41) is 13.8. The van der Waals surface area contributed by atoms with Gasteiger partial charge in [0.25, 0.3) is 5.91 Å². The highest BCUT2D eigenvalue weighted by Gasteiger charge is 2.13. The molecule has 0 bridgehead atoms. The van der Waals surface area contributed by atoms with Crippen molar-refractivity contribution in [2.45, 2.75) is 19.9 Å². The Kier molecular flexibility index (Phi) is 7.75. The number of anilines is 1. The standard InChI is InChI=1S/C22H23ClFN5O2/c1-3-31-13-14(2)25-22(27-21(30)16-4-8-17(23)9-5-16)26-20-12-19(28-29-20)15-6-10-18(24)11-7-15/h4-12,14H,3,13H2,1-2H3,(H3,25,26,27,28,29,30)/t14-/m0/s1. The number of halogens is 2. The van der Waals surface area contributed by atoms with Crippen LogP contribution in [0.1, 0.15) is 24.2 Å². The predicted molar refractivity (Wildman–Crippen MR) is 120 cm³/mol. The molecule has 0 spiro atoms. The van der Waals surface area contributed by atoms with Crippen molar-refractivity contribution in [3.8, 4) is 11.3 Å². The lowest BCUT2D eigenvalue weighted by molar-refractivity contribution is 0.100. The van der Waals surface area contributed by atoms with Crippen LogP contribution in [-0.2, 0) is 4.74 Å². The van der Waals surface area contributed by atoms with E-state index in [4.69, 9.17) is 16.3 Å². The van der Waals surface area contributed by atoms with Crippen LogP contribution in [0.5, 0.6) is 0 Å². The van der Waals surface area contributed by atoms with Crippen LogP contribution < -0.4 is 10.6 Å². The number of hydrogen-bond donors (Lipinski definition) is 3. The number of nitrogens with one attached hydrogen (secondary N) is 3. The maximum atomic E-state index is 13.2. The molecule has 3 N–H and O–H groups in total. The summed E-state index contributed by atoms with van der Waals surface area (Å²) in [6.45, 7) is 4.84. The molecule has 0 saturated heterocycles. The van der Waals surface area contributed by atoms with Gasteiger partial charge in [0.2, 0.25) is 5.96 Å². The van der Waals surface area contributed by atoms with Crippen LogP contribution in [0.2, 0.25) is 5.02 Å². The van der Waals surface area contributed by atoms with Gasteiger partial charge in [-0.25, -0.2) is 4.39 Å². The molecule has 0 fully saturated rings. The van der Waals surface area contributed by atoms with Gasteiger partial charge < -0.3 is 15.4 Å². The molecule has 0 saturated carbocycles. The average molecular weight is 444 g/mol. The molecule has 0 aliphatic carbocycles. The molecule has 31 heavy (non-hydrogen) atoms. The summed E-state index contributed by atoms with van der Waals surface area (Å²) in [5.41, 5.74) is 1.86. The number of hydrogen-bond acceptors (Lipinski definition) is 3. The number of carbonyl (C=O) groups excluding carboxylic acids is 1. The van der Waals surface area contributed by atoms with E-state index in [0.29, 0.717) is 35.3 Å². The van der Waals surface area contributed by atoms with E-state index in [1.165, 1.54) is 12.1 Å². The lowest BCUT2D eigenvalue weighted by Crippen LogP contribution is -2.40. The first kappa shape index (κ1) is 22.5. The Balaban J connectivity index is 1.79. The second kappa shape index (κ2) is 10.7. The fourth-order valence-electron chi connectivity index (χ4n) is 2.71. The summed E-state index contributed by atoms with van der Waals surface area (Å²) in [4.78, 5) is 16.8.